The van der Waals surface area contributed by atoms with Crippen molar-refractivity contribution in [1.29, 1.82) is 0 Å². The van der Waals surface area contributed by atoms with Gasteiger partial charge >= 0.3 is 5.97 Å². The lowest BCUT2D eigenvalue weighted by molar-refractivity contribution is -0.143. The Hall–Kier alpha value is -3.12. The average molecular weight is 399 g/mol. The van der Waals surface area contributed by atoms with Gasteiger partial charge in [0.1, 0.15) is 0 Å². The topological polar surface area (TPSA) is 75.7 Å². The molecule has 6 nitrogen and oxygen atoms in total. The number of fused-ring (bicyclic) bond motifs is 1. The molecule has 1 heterocycles. The highest BCUT2D eigenvalue weighted by Crippen LogP contribution is 2.31. The van der Waals surface area contributed by atoms with E-state index in [1.54, 1.807) is 55.5 Å². The maximum Gasteiger partial charge on any atom is 0.331 e. The van der Waals surface area contributed by atoms with E-state index in [0.29, 0.717) is 22.0 Å². The molecule has 7 heteroatoms. The number of amides is 2. The molecule has 144 valence electrons. The molecule has 0 aromatic heterocycles. The van der Waals surface area contributed by atoms with E-state index in [1.807, 2.05) is 0 Å². The summed E-state index contributed by atoms with van der Waals surface area (Å²) in [5.74, 6) is -1.23. The molecule has 0 saturated carbocycles. The van der Waals surface area contributed by atoms with E-state index in [-0.39, 0.29) is 18.4 Å². The van der Waals surface area contributed by atoms with Crippen molar-refractivity contribution < 1.29 is 19.1 Å². The van der Waals surface area contributed by atoms with E-state index in [4.69, 9.17) is 16.3 Å². The van der Waals surface area contributed by atoms with Crippen LogP contribution in [0.4, 0.5) is 11.4 Å². The van der Waals surface area contributed by atoms with Gasteiger partial charge in [-0.25, -0.2) is 4.79 Å². The third-order valence-electron chi connectivity index (χ3n) is 4.27. The number of hydrogen-bond acceptors (Lipinski definition) is 4. The standard InChI is InChI=1S/C21H19ClN2O4/c1-14-12-19(25)23-17-8-4-5-9-18(17)24(14)20(26)13-28-21(27)11-10-15-6-2-3-7-16(15)22/h2-11,14H,12-13H2,1H3,(H,23,25)/b11-10+/t14-/m0/s1. The van der Waals surface area contributed by atoms with Crippen LogP contribution in [0.5, 0.6) is 0 Å². The van der Waals surface area contributed by atoms with Gasteiger partial charge in [0, 0.05) is 23.6 Å². The van der Waals surface area contributed by atoms with Crippen molar-refractivity contribution in [1.82, 2.24) is 0 Å². The lowest BCUT2D eigenvalue weighted by atomic mass is 10.1. The quantitative estimate of drug-likeness (QED) is 0.630. The van der Waals surface area contributed by atoms with Gasteiger partial charge in [-0.2, -0.15) is 0 Å². The minimum absolute atomic E-state index is 0.154. The van der Waals surface area contributed by atoms with Gasteiger partial charge < -0.3 is 15.0 Å². The van der Waals surface area contributed by atoms with Gasteiger partial charge in [0.25, 0.3) is 5.91 Å². The van der Waals surface area contributed by atoms with E-state index in [9.17, 15) is 14.4 Å². The zero-order valence-electron chi connectivity index (χ0n) is 15.2. The van der Waals surface area contributed by atoms with Crippen LogP contribution >= 0.6 is 11.6 Å². The Balaban J connectivity index is 1.68. The molecule has 1 N–H and O–H groups in total. The normalized spacial score (nSPS) is 16.3. The number of halogens is 1. The SMILES string of the molecule is C[C@H]1CC(=O)Nc2ccccc2N1C(=O)COC(=O)/C=C/c1ccccc1Cl. The molecule has 0 fully saturated rings. The Morgan fingerprint density at radius 2 is 1.93 bits per heavy atom. The highest BCUT2D eigenvalue weighted by atomic mass is 35.5. The molecular formula is C21H19ClN2O4. The van der Waals surface area contributed by atoms with E-state index in [0.717, 1.165) is 0 Å². The first-order chi connectivity index (χ1) is 13.5. The number of nitrogens with zero attached hydrogens (tertiary/aromatic N) is 1. The van der Waals surface area contributed by atoms with Crippen LogP contribution in [-0.2, 0) is 19.1 Å². The van der Waals surface area contributed by atoms with Crippen LogP contribution in [0.25, 0.3) is 6.08 Å². The molecule has 0 saturated heterocycles. The monoisotopic (exact) mass is 398 g/mol. The first-order valence-electron chi connectivity index (χ1n) is 8.76. The molecule has 2 aromatic rings. The van der Waals surface area contributed by atoms with Gasteiger partial charge in [-0.15, -0.1) is 0 Å². The molecule has 1 atom stereocenters. The second kappa shape index (κ2) is 8.71. The summed E-state index contributed by atoms with van der Waals surface area (Å²) in [5.41, 5.74) is 1.80. The summed E-state index contributed by atoms with van der Waals surface area (Å²) >= 11 is 6.03. The van der Waals surface area contributed by atoms with E-state index < -0.39 is 18.5 Å². The van der Waals surface area contributed by atoms with Gasteiger partial charge in [0.15, 0.2) is 6.61 Å². The molecule has 1 aliphatic rings. The lowest BCUT2D eigenvalue weighted by Gasteiger charge is -2.27. The fourth-order valence-electron chi connectivity index (χ4n) is 2.99. The van der Waals surface area contributed by atoms with Gasteiger partial charge in [-0.05, 0) is 36.8 Å². The highest BCUT2D eigenvalue weighted by Gasteiger charge is 2.29. The Morgan fingerprint density at radius 3 is 2.71 bits per heavy atom. The fraction of sp³-hybridized carbons (Fsp3) is 0.190. The average Bonchev–Trinajstić information content (AvgIpc) is 2.79. The van der Waals surface area contributed by atoms with Crippen molar-refractivity contribution >= 4 is 46.8 Å². The number of para-hydroxylation sites is 2. The molecule has 0 radical (unpaired) electrons. The molecule has 0 aliphatic carbocycles. The zero-order chi connectivity index (χ0) is 20.1. The first kappa shape index (κ1) is 19.6. The van der Waals surface area contributed by atoms with Crippen molar-refractivity contribution in [2.75, 3.05) is 16.8 Å². The molecule has 0 bridgehead atoms. The van der Waals surface area contributed by atoms with Crippen molar-refractivity contribution in [3.63, 3.8) is 0 Å². The minimum atomic E-state index is -0.654. The predicted octanol–water partition coefficient (Wildman–Crippen LogP) is 3.66. The Kier molecular flexibility index (Phi) is 6.11. The van der Waals surface area contributed by atoms with Crippen molar-refractivity contribution in [3.8, 4) is 0 Å². The van der Waals surface area contributed by atoms with Crippen LogP contribution in [0, 0.1) is 0 Å². The molecular weight excluding hydrogens is 380 g/mol. The smallest absolute Gasteiger partial charge is 0.331 e. The fourth-order valence-corrected chi connectivity index (χ4v) is 3.19. The molecule has 2 aromatic carbocycles. The number of hydrogen-bond donors (Lipinski definition) is 1. The number of benzene rings is 2. The third-order valence-corrected chi connectivity index (χ3v) is 4.61. The molecule has 28 heavy (non-hydrogen) atoms. The number of carbonyl (C=O) groups excluding carboxylic acids is 3. The van der Waals surface area contributed by atoms with Gasteiger partial charge in [0.05, 0.1) is 11.4 Å². The van der Waals surface area contributed by atoms with Crippen LogP contribution in [0.2, 0.25) is 5.02 Å². The van der Waals surface area contributed by atoms with E-state index in [1.165, 1.54) is 17.1 Å². The van der Waals surface area contributed by atoms with Crippen molar-refractivity contribution in [2.45, 2.75) is 19.4 Å². The summed E-state index contributed by atoms with van der Waals surface area (Å²) in [5, 5.41) is 3.29. The number of rotatable bonds is 4. The summed E-state index contributed by atoms with van der Waals surface area (Å²) in [6.45, 7) is 1.34. The molecule has 2 amide bonds. The number of esters is 1. The Labute approximate surface area is 167 Å². The second-order valence-corrected chi connectivity index (χ2v) is 6.75. The number of anilines is 2. The van der Waals surface area contributed by atoms with Crippen molar-refractivity contribution in [3.05, 3.63) is 65.2 Å². The van der Waals surface area contributed by atoms with Crippen molar-refractivity contribution in [2.24, 2.45) is 0 Å². The largest absolute Gasteiger partial charge is 0.452 e. The van der Waals surface area contributed by atoms with E-state index >= 15 is 0 Å². The molecule has 0 unspecified atom stereocenters. The molecule has 3 rings (SSSR count). The maximum atomic E-state index is 12.7. The van der Waals surface area contributed by atoms with Crippen LogP contribution in [0.1, 0.15) is 18.9 Å². The molecule has 1 aliphatic heterocycles. The Morgan fingerprint density at radius 1 is 1.21 bits per heavy atom. The zero-order valence-corrected chi connectivity index (χ0v) is 16.0. The van der Waals surface area contributed by atoms with Crippen LogP contribution < -0.4 is 10.2 Å². The van der Waals surface area contributed by atoms with Gasteiger partial charge in [-0.1, -0.05) is 41.9 Å². The van der Waals surface area contributed by atoms with Crippen LogP contribution in [0.3, 0.4) is 0 Å². The summed E-state index contributed by atoms with van der Waals surface area (Å²) in [4.78, 5) is 38.2. The Bertz CT molecular complexity index is 942. The second-order valence-electron chi connectivity index (χ2n) is 6.34. The number of ether oxygens (including phenoxy) is 1. The summed E-state index contributed by atoms with van der Waals surface area (Å²) in [7, 11) is 0. The summed E-state index contributed by atoms with van der Waals surface area (Å²) < 4.78 is 5.08. The number of nitrogens with one attached hydrogen (secondary N) is 1. The predicted molar refractivity (Wildman–Crippen MR) is 108 cm³/mol. The first-order valence-corrected chi connectivity index (χ1v) is 9.14. The van der Waals surface area contributed by atoms with E-state index in [2.05, 4.69) is 5.32 Å². The van der Waals surface area contributed by atoms with Crippen LogP contribution in [-0.4, -0.2) is 30.4 Å². The maximum absolute atomic E-state index is 12.7. The van der Waals surface area contributed by atoms with Gasteiger partial charge in [-0.3, -0.25) is 9.59 Å². The lowest BCUT2D eigenvalue weighted by Crippen LogP contribution is -2.41. The molecule has 0 spiro atoms. The van der Waals surface area contributed by atoms with Crippen LogP contribution in [0.15, 0.2) is 54.6 Å². The third kappa shape index (κ3) is 4.58. The summed E-state index contributed by atoms with van der Waals surface area (Å²) in [6, 6.07) is 13.7. The highest BCUT2D eigenvalue weighted by molar-refractivity contribution is 6.32. The van der Waals surface area contributed by atoms with Gasteiger partial charge in [0.2, 0.25) is 5.91 Å². The number of carbonyl (C=O) groups is 3. The summed E-state index contributed by atoms with van der Waals surface area (Å²) in [6.07, 6.45) is 2.90. The minimum Gasteiger partial charge on any atom is -0.452 e.